The summed E-state index contributed by atoms with van der Waals surface area (Å²) in [5, 5.41) is 4.55. The van der Waals surface area contributed by atoms with Crippen molar-refractivity contribution in [2.75, 3.05) is 5.73 Å². The van der Waals surface area contributed by atoms with Crippen molar-refractivity contribution in [1.82, 2.24) is 29.7 Å². The van der Waals surface area contributed by atoms with Gasteiger partial charge in [0.2, 0.25) is 5.88 Å². The molecule has 3 aromatic heterocycles. The zero-order valence-electron chi connectivity index (χ0n) is 11.1. The fourth-order valence-electron chi connectivity index (χ4n) is 1.94. The molecule has 4 rings (SSSR count). The average molecular weight is 311 g/mol. The van der Waals surface area contributed by atoms with Gasteiger partial charge in [-0.25, -0.2) is 24.6 Å². The van der Waals surface area contributed by atoms with Crippen LogP contribution in [0.1, 0.15) is 0 Å². The molecule has 2 N–H and O–H groups in total. The van der Waals surface area contributed by atoms with Crippen molar-refractivity contribution in [2.45, 2.75) is 0 Å². The summed E-state index contributed by atoms with van der Waals surface area (Å²) in [6, 6.07) is 7.23. The van der Waals surface area contributed by atoms with Gasteiger partial charge in [0.25, 0.3) is 0 Å². The molecule has 0 aliphatic carbocycles. The number of hydrogen-bond acceptors (Lipinski definition) is 8. The number of ether oxygens (including phenoxy) is 1. The monoisotopic (exact) mass is 311 g/mol. The standard InChI is InChI=1S/C13H9N7OS/c14-13-19-9-2-1-8(3-10(9)22-13)21-12-4-11(16-6-17-12)20-7-15-5-18-20/h1-7H,(H2,14,19). The smallest absolute Gasteiger partial charge is 0.224 e. The number of aromatic nitrogens is 6. The molecule has 0 atom stereocenters. The first kappa shape index (κ1) is 12.7. The first-order valence-electron chi connectivity index (χ1n) is 6.29. The molecule has 108 valence electrons. The van der Waals surface area contributed by atoms with Crippen LogP contribution in [-0.2, 0) is 0 Å². The molecule has 0 aliphatic rings. The zero-order valence-corrected chi connectivity index (χ0v) is 11.9. The molecule has 9 heteroatoms. The van der Waals surface area contributed by atoms with Crippen molar-refractivity contribution in [3.05, 3.63) is 43.2 Å². The Morgan fingerprint density at radius 2 is 2.09 bits per heavy atom. The molecule has 0 aliphatic heterocycles. The van der Waals surface area contributed by atoms with E-state index in [1.165, 1.54) is 28.7 Å². The molecule has 0 radical (unpaired) electrons. The lowest BCUT2D eigenvalue weighted by molar-refractivity contribution is 0.461. The van der Waals surface area contributed by atoms with Gasteiger partial charge >= 0.3 is 0 Å². The van der Waals surface area contributed by atoms with Crippen molar-refractivity contribution in [2.24, 2.45) is 0 Å². The van der Waals surface area contributed by atoms with E-state index in [9.17, 15) is 0 Å². The van der Waals surface area contributed by atoms with Gasteiger partial charge < -0.3 is 10.5 Å². The summed E-state index contributed by atoms with van der Waals surface area (Å²) in [5.74, 6) is 1.64. The van der Waals surface area contributed by atoms with Gasteiger partial charge in [0.15, 0.2) is 10.9 Å². The predicted octanol–water partition coefficient (Wildman–Crippen LogP) is 2.04. The topological polar surface area (TPSA) is 105 Å². The van der Waals surface area contributed by atoms with Gasteiger partial charge in [0.1, 0.15) is 24.7 Å². The van der Waals surface area contributed by atoms with Crippen LogP contribution in [0.2, 0.25) is 0 Å². The lowest BCUT2D eigenvalue weighted by atomic mass is 10.3. The molecule has 0 unspecified atom stereocenters. The summed E-state index contributed by atoms with van der Waals surface area (Å²) in [4.78, 5) is 16.3. The minimum atomic E-state index is 0.414. The van der Waals surface area contributed by atoms with E-state index < -0.39 is 0 Å². The Kier molecular flexibility index (Phi) is 2.90. The number of nitrogens with zero attached hydrogens (tertiary/aromatic N) is 6. The van der Waals surface area contributed by atoms with E-state index in [0.29, 0.717) is 22.6 Å². The van der Waals surface area contributed by atoms with Crippen LogP contribution < -0.4 is 10.5 Å². The minimum Gasteiger partial charge on any atom is -0.439 e. The van der Waals surface area contributed by atoms with Crippen LogP contribution in [0.3, 0.4) is 0 Å². The number of anilines is 1. The maximum Gasteiger partial charge on any atom is 0.224 e. The fraction of sp³-hybridized carbons (Fsp3) is 0. The maximum atomic E-state index is 5.76. The molecular weight excluding hydrogens is 302 g/mol. The number of benzene rings is 1. The normalized spacial score (nSPS) is 10.9. The van der Waals surface area contributed by atoms with Gasteiger partial charge in [-0.3, -0.25) is 0 Å². The van der Waals surface area contributed by atoms with Gasteiger partial charge in [0, 0.05) is 12.1 Å². The molecule has 0 saturated carbocycles. The second-order valence-electron chi connectivity index (χ2n) is 4.34. The molecule has 3 heterocycles. The predicted molar refractivity (Wildman–Crippen MR) is 81.1 cm³/mol. The molecule has 0 spiro atoms. The molecule has 0 fully saturated rings. The van der Waals surface area contributed by atoms with Crippen molar-refractivity contribution in [3.63, 3.8) is 0 Å². The number of thiazole rings is 1. The Bertz CT molecular complexity index is 935. The Morgan fingerprint density at radius 1 is 1.14 bits per heavy atom. The largest absolute Gasteiger partial charge is 0.439 e. The highest BCUT2D eigenvalue weighted by molar-refractivity contribution is 7.22. The van der Waals surface area contributed by atoms with Crippen molar-refractivity contribution in [3.8, 4) is 17.4 Å². The first-order valence-corrected chi connectivity index (χ1v) is 7.10. The second-order valence-corrected chi connectivity index (χ2v) is 5.40. The molecule has 22 heavy (non-hydrogen) atoms. The number of fused-ring (bicyclic) bond motifs is 1. The summed E-state index contributed by atoms with van der Waals surface area (Å²) >= 11 is 1.41. The molecule has 1 aromatic carbocycles. The van der Waals surface area contributed by atoms with Gasteiger partial charge in [-0.15, -0.1) is 0 Å². The van der Waals surface area contributed by atoms with Crippen molar-refractivity contribution >= 4 is 26.7 Å². The number of rotatable bonds is 3. The summed E-state index contributed by atoms with van der Waals surface area (Å²) in [7, 11) is 0. The Balaban J connectivity index is 1.65. The van der Waals surface area contributed by atoms with Crippen molar-refractivity contribution < 1.29 is 4.74 Å². The molecular formula is C13H9N7OS. The van der Waals surface area contributed by atoms with E-state index in [1.807, 2.05) is 18.2 Å². The van der Waals surface area contributed by atoms with Crippen LogP contribution in [0.25, 0.3) is 16.0 Å². The molecule has 0 saturated heterocycles. The minimum absolute atomic E-state index is 0.414. The average Bonchev–Trinajstić information content (AvgIpc) is 3.15. The van der Waals surface area contributed by atoms with E-state index in [2.05, 4.69) is 25.0 Å². The van der Waals surface area contributed by atoms with E-state index in [-0.39, 0.29) is 0 Å². The van der Waals surface area contributed by atoms with Crippen LogP contribution in [0.15, 0.2) is 43.2 Å². The third-order valence-corrected chi connectivity index (χ3v) is 3.73. The zero-order chi connectivity index (χ0) is 14.9. The Morgan fingerprint density at radius 3 is 2.95 bits per heavy atom. The Labute approximate surface area is 128 Å². The molecule has 0 amide bonds. The van der Waals surface area contributed by atoms with Gasteiger partial charge in [-0.1, -0.05) is 11.3 Å². The van der Waals surface area contributed by atoms with Crippen LogP contribution in [-0.4, -0.2) is 29.7 Å². The summed E-state index contributed by atoms with van der Waals surface area (Å²) in [5.41, 5.74) is 6.55. The van der Waals surface area contributed by atoms with E-state index in [1.54, 1.807) is 12.4 Å². The summed E-state index contributed by atoms with van der Waals surface area (Å²) in [6.45, 7) is 0. The van der Waals surface area contributed by atoms with Crippen LogP contribution in [0, 0.1) is 0 Å². The SMILES string of the molecule is Nc1nc2ccc(Oc3cc(-n4cncn4)ncn3)cc2s1. The van der Waals surface area contributed by atoms with Crippen LogP contribution >= 0.6 is 11.3 Å². The third kappa shape index (κ3) is 2.33. The second kappa shape index (κ2) is 5.04. The van der Waals surface area contributed by atoms with E-state index in [0.717, 1.165) is 10.2 Å². The molecule has 4 aromatic rings. The number of hydrogen-bond donors (Lipinski definition) is 1. The number of nitrogens with two attached hydrogens (primary N) is 1. The van der Waals surface area contributed by atoms with E-state index in [4.69, 9.17) is 10.5 Å². The molecule has 8 nitrogen and oxygen atoms in total. The Hall–Kier alpha value is -3.07. The van der Waals surface area contributed by atoms with E-state index >= 15 is 0 Å². The lowest BCUT2D eigenvalue weighted by Gasteiger charge is -2.05. The first-order chi connectivity index (χ1) is 10.8. The highest BCUT2D eigenvalue weighted by atomic mass is 32.1. The summed E-state index contributed by atoms with van der Waals surface area (Å²) < 4.78 is 8.25. The van der Waals surface area contributed by atoms with Gasteiger partial charge in [0.05, 0.1) is 10.2 Å². The summed E-state index contributed by atoms with van der Waals surface area (Å²) in [6.07, 6.45) is 4.40. The van der Waals surface area contributed by atoms with Gasteiger partial charge in [-0.05, 0) is 12.1 Å². The third-order valence-electron chi connectivity index (χ3n) is 2.88. The number of nitrogen functional groups attached to an aromatic ring is 1. The highest BCUT2D eigenvalue weighted by Crippen LogP contribution is 2.29. The van der Waals surface area contributed by atoms with Crippen LogP contribution in [0.4, 0.5) is 5.13 Å². The van der Waals surface area contributed by atoms with Gasteiger partial charge in [-0.2, -0.15) is 5.10 Å². The fourth-order valence-corrected chi connectivity index (χ4v) is 2.71. The maximum absolute atomic E-state index is 5.76. The quantitative estimate of drug-likeness (QED) is 0.617. The lowest BCUT2D eigenvalue weighted by Crippen LogP contribution is -1.99. The van der Waals surface area contributed by atoms with Crippen LogP contribution in [0.5, 0.6) is 11.6 Å². The van der Waals surface area contributed by atoms with Crippen molar-refractivity contribution in [1.29, 1.82) is 0 Å². The highest BCUT2D eigenvalue weighted by Gasteiger charge is 2.06. The molecule has 0 bridgehead atoms.